The molecule has 3 aromatic rings. The lowest BCUT2D eigenvalue weighted by molar-refractivity contribution is -0.119. The Balaban J connectivity index is 1.46. The van der Waals surface area contributed by atoms with Crippen molar-refractivity contribution in [1.29, 1.82) is 0 Å². The lowest BCUT2D eigenvalue weighted by Crippen LogP contribution is -2.26. The molecular weight excluding hydrogens is 430 g/mol. The topological polar surface area (TPSA) is 110 Å². The molecule has 0 fully saturated rings. The first-order valence-corrected chi connectivity index (χ1v) is 10.2. The first kappa shape index (κ1) is 22.0. The number of para-hydroxylation sites is 1. The van der Waals surface area contributed by atoms with Crippen molar-refractivity contribution < 1.29 is 28.5 Å². The standard InChI is InChI=1S/C23H23N3O7/c1-14-20(22(28)26(25(14)2)16-7-5-4-6-8-16)24-19(27)13-33-23(29)15-11-17(30-3)21-18(12-15)31-9-10-32-21/h4-8,11-12H,9-10,13H2,1-3H3,(H,24,27). The van der Waals surface area contributed by atoms with E-state index in [2.05, 4.69) is 5.32 Å². The van der Waals surface area contributed by atoms with Crippen LogP contribution in [0.2, 0.25) is 0 Å². The second-order valence-corrected chi connectivity index (χ2v) is 7.26. The molecular formula is C23H23N3O7. The number of amides is 1. The van der Waals surface area contributed by atoms with Crippen molar-refractivity contribution in [2.24, 2.45) is 7.05 Å². The van der Waals surface area contributed by atoms with Crippen LogP contribution in [-0.2, 0) is 16.6 Å². The predicted octanol–water partition coefficient (Wildman–Crippen LogP) is 2.06. The maximum absolute atomic E-state index is 12.9. The van der Waals surface area contributed by atoms with Gasteiger partial charge in [0.05, 0.1) is 24.1 Å². The molecule has 0 radical (unpaired) electrons. The third kappa shape index (κ3) is 4.27. The number of hydrogen-bond acceptors (Lipinski definition) is 7. The molecule has 1 N–H and O–H groups in total. The number of aromatic nitrogens is 2. The lowest BCUT2D eigenvalue weighted by Gasteiger charge is -2.21. The minimum absolute atomic E-state index is 0.114. The molecule has 0 atom stereocenters. The highest BCUT2D eigenvalue weighted by atomic mass is 16.6. The monoisotopic (exact) mass is 453 g/mol. The number of ether oxygens (including phenoxy) is 4. The van der Waals surface area contributed by atoms with Crippen LogP contribution in [-0.4, -0.2) is 48.2 Å². The van der Waals surface area contributed by atoms with Crippen molar-refractivity contribution >= 4 is 17.6 Å². The average Bonchev–Trinajstić information content (AvgIpc) is 3.05. The van der Waals surface area contributed by atoms with Crippen LogP contribution in [0.25, 0.3) is 5.69 Å². The zero-order chi connectivity index (χ0) is 23.5. The average molecular weight is 453 g/mol. The summed E-state index contributed by atoms with van der Waals surface area (Å²) in [5, 5.41) is 2.55. The van der Waals surface area contributed by atoms with E-state index in [1.165, 1.54) is 23.9 Å². The molecule has 0 unspecified atom stereocenters. The molecule has 10 nitrogen and oxygen atoms in total. The quantitative estimate of drug-likeness (QED) is 0.569. The van der Waals surface area contributed by atoms with Gasteiger partial charge in [-0.1, -0.05) is 18.2 Å². The van der Waals surface area contributed by atoms with E-state index in [1.807, 2.05) is 18.2 Å². The highest BCUT2D eigenvalue weighted by molar-refractivity contribution is 5.96. The Morgan fingerprint density at radius 2 is 1.85 bits per heavy atom. The van der Waals surface area contributed by atoms with E-state index >= 15 is 0 Å². The Hall–Kier alpha value is -4.21. The predicted molar refractivity (Wildman–Crippen MR) is 119 cm³/mol. The Labute approximate surface area is 189 Å². The first-order chi connectivity index (χ1) is 15.9. The molecule has 1 aromatic heterocycles. The van der Waals surface area contributed by atoms with Crippen LogP contribution < -0.4 is 25.1 Å². The fraction of sp³-hybridized carbons (Fsp3) is 0.261. The van der Waals surface area contributed by atoms with Crippen LogP contribution in [0, 0.1) is 6.92 Å². The number of carbonyl (C=O) groups is 2. The third-order valence-electron chi connectivity index (χ3n) is 5.22. The van der Waals surface area contributed by atoms with Crippen molar-refractivity contribution in [2.45, 2.75) is 6.92 Å². The molecule has 1 aliphatic heterocycles. The summed E-state index contributed by atoms with van der Waals surface area (Å²) in [5.74, 6) is -0.290. The smallest absolute Gasteiger partial charge is 0.338 e. The molecule has 10 heteroatoms. The van der Waals surface area contributed by atoms with Gasteiger partial charge < -0.3 is 24.3 Å². The molecule has 2 aromatic carbocycles. The van der Waals surface area contributed by atoms with Gasteiger partial charge in [-0.05, 0) is 31.2 Å². The molecule has 0 spiro atoms. The Kier molecular flexibility index (Phi) is 6.07. The number of carbonyl (C=O) groups excluding carboxylic acids is 2. The number of nitrogens with one attached hydrogen (secondary N) is 1. The van der Waals surface area contributed by atoms with Gasteiger partial charge in [0, 0.05) is 7.05 Å². The summed E-state index contributed by atoms with van der Waals surface area (Å²) in [4.78, 5) is 37.9. The number of anilines is 1. The SMILES string of the molecule is COc1cc(C(=O)OCC(=O)Nc2c(C)n(C)n(-c3ccccc3)c2=O)cc2c1OCCO2. The van der Waals surface area contributed by atoms with Gasteiger partial charge in [0.15, 0.2) is 18.1 Å². The van der Waals surface area contributed by atoms with E-state index in [0.29, 0.717) is 41.8 Å². The van der Waals surface area contributed by atoms with Crippen LogP contribution >= 0.6 is 0 Å². The van der Waals surface area contributed by atoms with E-state index < -0.39 is 24.0 Å². The van der Waals surface area contributed by atoms with Crippen LogP contribution in [0.15, 0.2) is 47.3 Å². The Morgan fingerprint density at radius 3 is 2.58 bits per heavy atom. The zero-order valence-corrected chi connectivity index (χ0v) is 18.4. The minimum Gasteiger partial charge on any atom is -0.493 e. The van der Waals surface area contributed by atoms with Crippen LogP contribution in [0.3, 0.4) is 0 Å². The van der Waals surface area contributed by atoms with Crippen molar-refractivity contribution in [3.05, 3.63) is 64.1 Å². The van der Waals surface area contributed by atoms with E-state index in [4.69, 9.17) is 18.9 Å². The maximum atomic E-state index is 12.9. The fourth-order valence-corrected chi connectivity index (χ4v) is 3.49. The molecule has 0 bridgehead atoms. The van der Waals surface area contributed by atoms with Crippen LogP contribution in [0.1, 0.15) is 16.1 Å². The number of rotatable bonds is 6. The summed E-state index contributed by atoms with van der Waals surface area (Å²) >= 11 is 0. The van der Waals surface area contributed by atoms with Gasteiger partial charge in [-0.3, -0.25) is 14.3 Å². The van der Waals surface area contributed by atoms with Gasteiger partial charge in [0.2, 0.25) is 5.75 Å². The van der Waals surface area contributed by atoms with Crippen molar-refractivity contribution in [1.82, 2.24) is 9.36 Å². The third-order valence-corrected chi connectivity index (χ3v) is 5.22. The minimum atomic E-state index is -0.744. The van der Waals surface area contributed by atoms with Gasteiger partial charge in [0.25, 0.3) is 11.5 Å². The molecule has 0 saturated heterocycles. The van der Waals surface area contributed by atoms with E-state index in [0.717, 1.165) is 0 Å². The van der Waals surface area contributed by atoms with Crippen molar-refractivity contribution in [2.75, 3.05) is 32.2 Å². The first-order valence-electron chi connectivity index (χ1n) is 10.2. The highest BCUT2D eigenvalue weighted by Crippen LogP contribution is 2.40. The second kappa shape index (κ2) is 9.11. The summed E-state index contributed by atoms with van der Waals surface area (Å²) in [6, 6.07) is 12.0. The zero-order valence-electron chi connectivity index (χ0n) is 18.4. The maximum Gasteiger partial charge on any atom is 0.338 e. The second-order valence-electron chi connectivity index (χ2n) is 7.26. The van der Waals surface area contributed by atoms with E-state index in [9.17, 15) is 14.4 Å². The molecule has 2 heterocycles. The normalized spacial score (nSPS) is 12.2. The van der Waals surface area contributed by atoms with Gasteiger partial charge in [-0.25, -0.2) is 9.48 Å². The number of benzene rings is 2. The molecule has 33 heavy (non-hydrogen) atoms. The van der Waals surface area contributed by atoms with Crippen molar-refractivity contribution in [3.8, 4) is 22.9 Å². The van der Waals surface area contributed by atoms with Gasteiger partial charge in [0.1, 0.15) is 18.9 Å². The van der Waals surface area contributed by atoms with Crippen molar-refractivity contribution in [3.63, 3.8) is 0 Å². The molecule has 4 rings (SSSR count). The summed E-state index contributed by atoms with van der Waals surface area (Å²) < 4.78 is 24.5. The summed E-state index contributed by atoms with van der Waals surface area (Å²) in [7, 11) is 3.16. The lowest BCUT2D eigenvalue weighted by atomic mass is 10.1. The summed E-state index contributed by atoms with van der Waals surface area (Å²) in [6.07, 6.45) is 0. The number of hydrogen-bond donors (Lipinski definition) is 1. The molecule has 1 aliphatic rings. The molecule has 1 amide bonds. The van der Waals surface area contributed by atoms with Crippen LogP contribution in [0.4, 0.5) is 5.69 Å². The number of nitrogens with zero attached hydrogens (tertiary/aromatic N) is 2. The van der Waals surface area contributed by atoms with E-state index in [-0.39, 0.29) is 11.3 Å². The molecule has 0 aliphatic carbocycles. The fourth-order valence-electron chi connectivity index (χ4n) is 3.49. The summed E-state index contributed by atoms with van der Waals surface area (Å²) in [5.41, 5.74) is 1.08. The Bertz CT molecular complexity index is 1240. The van der Waals surface area contributed by atoms with Gasteiger partial charge in [-0.2, -0.15) is 0 Å². The Morgan fingerprint density at radius 1 is 1.12 bits per heavy atom. The number of methoxy groups -OCH3 is 1. The number of esters is 1. The molecule has 172 valence electrons. The van der Waals surface area contributed by atoms with E-state index in [1.54, 1.807) is 30.8 Å². The summed E-state index contributed by atoms with van der Waals surface area (Å²) in [6.45, 7) is 1.85. The van der Waals surface area contributed by atoms with Gasteiger partial charge >= 0.3 is 5.97 Å². The molecule has 0 saturated carbocycles. The number of fused-ring (bicyclic) bond motifs is 1. The highest BCUT2D eigenvalue weighted by Gasteiger charge is 2.23. The van der Waals surface area contributed by atoms with Gasteiger partial charge in [-0.15, -0.1) is 0 Å². The van der Waals surface area contributed by atoms with Crippen LogP contribution in [0.5, 0.6) is 17.2 Å². The largest absolute Gasteiger partial charge is 0.493 e.